The van der Waals surface area contributed by atoms with Crippen LogP contribution in [-0.2, 0) is 16.2 Å². The van der Waals surface area contributed by atoms with E-state index in [4.69, 9.17) is 4.74 Å². The second-order valence-corrected chi connectivity index (χ2v) is 7.28. The summed E-state index contributed by atoms with van der Waals surface area (Å²) in [6.45, 7) is 0.392. The maximum absolute atomic E-state index is 12.1. The van der Waals surface area contributed by atoms with Gasteiger partial charge in [-0.1, -0.05) is 42.5 Å². The van der Waals surface area contributed by atoms with Crippen LogP contribution >= 0.6 is 0 Å². The number of fused-ring (bicyclic) bond motifs is 1. The number of ether oxygens (including phenoxy) is 1. The van der Waals surface area contributed by atoms with E-state index in [9.17, 15) is 9.59 Å². The predicted molar refractivity (Wildman–Crippen MR) is 126 cm³/mol. The summed E-state index contributed by atoms with van der Waals surface area (Å²) in [5, 5.41) is 1.11. The molecule has 0 unspecified atom stereocenters. The van der Waals surface area contributed by atoms with Gasteiger partial charge in [-0.15, -0.1) is 0 Å². The van der Waals surface area contributed by atoms with Crippen LogP contribution in [0.5, 0.6) is 5.75 Å². The third-order valence-corrected chi connectivity index (χ3v) is 4.84. The molecule has 0 aliphatic carbocycles. The van der Waals surface area contributed by atoms with Gasteiger partial charge in [-0.2, -0.15) is 0 Å². The lowest BCUT2D eigenvalue weighted by molar-refractivity contribution is -0.121. The van der Waals surface area contributed by atoms with E-state index in [-0.39, 0.29) is 18.0 Å². The van der Waals surface area contributed by atoms with E-state index in [0.717, 1.165) is 33.5 Å². The van der Waals surface area contributed by atoms with Gasteiger partial charge in [-0.25, -0.2) is 0 Å². The monoisotopic (exact) mass is 422 g/mol. The summed E-state index contributed by atoms with van der Waals surface area (Å²) < 4.78 is 5.70. The lowest BCUT2D eigenvalue weighted by Gasteiger charge is -2.05. The van der Waals surface area contributed by atoms with Crippen LogP contribution in [0.2, 0.25) is 0 Å². The van der Waals surface area contributed by atoms with Crippen LogP contribution in [0, 0.1) is 0 Å². The normalized spacial score (nSPS) is 11.4. The van der Waals surface area contributed by atoms with Crippen molar-refractivity contribution in [2.45, 2.75) is 13.0 Å². The zero-order chi connectivity index (χ0) is 22.2. The predicted octanol–water partition coefficient (Wildman–Crippen LogP) is 5.40. The summed E-state index contributed by atoms with van der Waals surface area (Å²) in [7, 11) is 0. The van der Waals surface area contributed by atoms with Gasteiger partial charge >= 0.3 is 0 Å². The fourth-order valence-electron chi connectivity index (χ4n) is 3.15. The molecule has 4 rings (SSSR count). The molecule has 2 aromatic carbocycles. The van der Waals surface area contributed by atoms with E-state index >= 15 is 0 Å². The molecule has 2 heterocycles. The Kier molecular flexibility index (Phi) is 6.68. The molecule has 2 aromatic heterocycles. The summed E-state index contributed by atoms with van der Waals surface area (Å²) >= 11 is 0. The van der Waals surface area contributed by atoms with Crippen LogP contribution in [0.4, 0.5) is 0 Å². The number of carbonyl (C=O) groups is 2. The highest BCUT2D eigenvalue weighted by Crippen LogP contribution is 2.16. The van der Waals surface area contributed by atoms with Crippen molar-refractivity contribution in [1.29, 1.82) is 0 Å². The topological polar surface area (TPSA) is 72.0 Å². The van der Waals surface area contributed by atoms with Crippen molar-refractivity contribution in [3.05, 3.63) is 108 Å². The molecule has 0 spiro atoms. The second kappa shape index (κ2) is 10.2. The number of H-pyrrole nitrogens is 1. The maximum atomic E-state index is 12.1. The van der Waals surface area contributed by atoms with Gasteiger partial charge in [0.05, 0.1) is 12.1 Å². The number of aromatic amines is 1. The van der Waals surface area contributed by atoms with Crippen molar-refractivity contribution in [3.63, 3.8) is 0 Å². The standard InChI is InChI=1S/C27H22N2O3/c30-24(18-25(31)11-6-21-4-9-22-14-16-29-27(22)17-21)10-5-20-7-12-26(13-8-20)32-19-23-3-1-2-15-28-23/h1-17,29H,18-19H2. The molecule has 32 heavy (non-hydrogen) atoms. The number of nitrogens with one attached hydrogen (secondary N) is 1. The largest absolute Gasteiger partial charge is 0.487 e. The van der Waals surface area contributed by atoms with E-state index in [2.05, 4.69) is 9.97 Å². The van der Waals surface area contributed by atoms with Gasteiger partial charge in [-0.3, -0.25) is 14.6 Å². The van der Waals surface area contributed by atoms with Crippen molar-refractivity contribution >= 4 is 34.6 Å². The summed E-state index contributed by atoms with van der Waals surface area (Å²) in [6.07, 6.45) is 9.74. The lowest BCUT2D eigenvalue weighted by Crippen LogP contribution is -2.01. The third-order valence-electron chi connectivity index (χ3n) is 4.84. The highest BCUT2D eigenvalue weighted by molar-refractivity contribution is 6.11. The van der Waals surface area contributed by atoms with Crippen molar-refractivity contribution < 1.29 is 14.3 Å². The average molecular weight is 422 g/mol. The Bertz CT molecular complexity index is 1270. The van der Waals surface area contributed by atoms with E-state index in [1.165, 1.54) is 12.2 Å². The highest BCUT2D eigenvalue weighted by Gasteiger charge is 2.04. The van der Waals surface area contributed by atoms with Gasteiger partial charge < -0.3 is 9.72 Å². The number of aromatic nitrogens is 2. The fraction of sp³-hybridized carbons (Fsp3) is 0.0741. The molecule has 4 aromatic rings. The van der Waals surface area contributed by atoms with Crippen LogP contribution in [-0.4, -0.2) is 21.5 Å². The minimum Gasteiger partial charge on any atom is -0.487 e. The minimum atomic E-state index is -0.241. The Morgan fingerprint density at radius 2 is 1.62 bits per heavy atom. The molecule has 1 N–H and O–H groups in total. The average Bonchev–Trinajstić information content (AvgIpc) is 3.29. The summed E-state index contributed by atoms with van der Waals surface area (Å²) in [5.74, 6) is 0.247. The molecule has 0 saturated heterocycles. The molecule has 0 fully saturated rings. The summed E-state index contributed by atoms with van der Waals surface area (Å²) in [6, 6.07) is 20.9. The SMILES string of the molecule is O=C(C=Cc1ccc(OCc2ccccn2)cc1)CC(=O)C=Cc1ccc2cc[nH]c2c1. The second-order valence-electron chi connectivity index (χ2n) is 7.28. The van der Waals surface area contributed by atoms with E-state index in [0.29, 0.717) is 6.61 Å². The molecule has 0 amide bonds. The van der Waals surface area contributed by atoms with Crippen molar-refractivity contribution in [2.75, 3.05) is 0 Å². The molecule has 0 bridgehead atoms. The van der Waals surface area contributed by atoms with Crippen LogP contribution in [0.15, 0.2) is 91.3 Å². The first kappa shape index (κ1) is 21.0. The zero-order valence-corrected chi connectivity index (χ0v) is 17.4. The molecule has 5 heteroatoms. The molecular formula is C27H22N2O3. The first-order chi connectivity index (χ1) is 15.7. The highest BCUT2D eigenvalue weighted by atomic mass is 16.5. The van der Waals surface area contributed by atoms with Crippen LogP contribution in [0.1, 0.15) is 23.2 Å². The number of allylic oxidation sites excluding steroid dienone is 2. The van der Waals surface area contributed by atoms with E-state index in [1.54, 1.807) is 18.3 Å². The zero-order valence-electron chi connectivity index (χ0n) is 17.4. The first-order valence-corrected chi connectivity index (χ1v) is 10.3. The number of carbonyl (C=O) groups excluding carboxylic acids is 2. The van der Waals surface area contributed by atoms with Crippen molar-refractivity contribution in [1.82, 2.24) is 9.97 Å². The quantitative estimate of drug-likeness (QED) is 0.290. The van der Waals surface area contributed by atoms with Crippen molar-refractivity contribution in [2.24, 2.45) is 0 Å². The molecule has 0 atom stereocenters. The Hall–Kier alpha value is -4.25. The first-order valence-electron chi connectivity index (χ1n) is 10.3. The molecule has 0 saturated carbocycles. The summed E-state index contributed by atoms with van der Waals surface area (Å²) in [4.78, 5) is 31.6. The number of ketones is 2. The van der Waals surface area contributed by atoms with Gasteiger partial charge in [0.1, 0.15) is 12.4 Å². The van der Waals surface area contributed by atoms with Crippen molar-refractivity contribution in [3.8, 4) is 5.75 Å². The van der Waals surface area contributed by atoms with E-state index < -0.39 is 0 Å². The lowest BCUT2D eigenvalue weighted by atomic mass is 10.1. The Morgan fingerprint density at radius 1 is 0.875 bits per heavy atom. The number of benzene rings is 2. The molecule has 158 valence electrons. The molecular weight excluding hydrogens is 400 g/mol. The number of hydrogen-bond acceptors (Lipinski definition) is 4. The number of rotatable bonds is 9. The number of pyridine rings is 1. The van der Waals surface area contributed by atoms with E-state index in [1.807, 2.05) is 72.9 Å². The van der Waals surface area contributed by atoms with Crippen LogP contribution in [0.25, 0.3) is 23.1 Å². The molecule has 0 aliphatic rings. The Labute approximate surface area is 186 Å². The molecule has 0 aliphatic heterocycles. The van der Waals surface area contributed by atoms with Crippen LogP contribution in [0.3, 0.4) is 0 Å². The number of hydrogen-bond donors (Lipinski definition) is 1. The van der Waals surface area contributed by atoms with Crippen LogP contribution < -0.4 is 4.74 Å². The van der Waals surface area contributed by atoms with Gasteiger partial charge in [0.15, 0.2) is 11.6 Å². The van der Waals surface area contributed by atoms with Gasteiger partial charge in [0, 0.05) is 17.9 Å². The Balaban J connectivity index is 1.26. The summed E-state index contributed by atoms with van der Waals surface area (Å²) in [5.41, 5.74) is 3.62. The Morgan fingerprint density at radius 3 is 2.38 bits per heavy atom. The smallest absolute Gasteiger partial charge is 0.163 e. The van der Waals surface area contributed by atoms with Gasteiger partial charge in [0.25, 0.3) is 0 Å². The van der Waals surface area contributed by atoms with Gasteiger partial charge in [-0.05, 0) is 65.1 Å². The fourth-order valence-corrected chi connectivity index (χ4v) is 3.15. The third kappa shape index (κ3) is 5.89. The maximum Gasteiger partial charge on any atom is 0.163 e. The molecule has 0 radical (unpaired) electrons. The molecule has 5 nitrogen and oxygen atoms in total. The van der Waals surface area contributed by atoms with Gasteiger partial charge in [0.2, 0.25) is 0 Å². The number of nitrogens with zero attached hydrogens (tertiary/aromatic N) is 1. The minimum absolute atomic E-state index is 0.164.